The maximum Gasteiger partial charge on any atom is 0.0405 e. The lowest BCUT2D eigenvalue weighted by molar-refractivity contribution is 0.375. The van der Waals surface area contributed by atoms with Crippen LogP contribution in [0, 0.1) is 5.92 Å². The van der Waals surface area contributed by atoms with Crippen LogP contribution < -0.4 is 10.6 Å². The van der Waals surface area contributed by atoms with Gasteiger partial charge in [0, 0.05) is 24.2 Å². The summed E-state index contributed by atoms with van der Waals surface area (Å²) < 4.78 is 0. The van der Waals surface area contributed by atoms with Gasteiger partial charge in [-0.25, -0.2) is 0 Å². The average Bonchev–Trinajstić information content (AvgIpc) is 2.66. The molecule has 1 fully saturated rings. The van der Waals surface area contributed by atoms with Crippen LogP contribution in [0.5, 0.6) is 0 Å². The quantitative estimate of drug-likeness (QED) is 0.865. The zero-order chi connectivity index (χ0) is 11.8. The number of hydrogen-bond donors (Lipinski definition) is 1. The fourth-order valence-electron chi connectivity index (χ4n) is 3.17. The van der Waals surface area contributed by atoms with Gasteiger partial charge in [-0.15, -0.1) is 0 Å². The first-order chi connectivity index (χ1) is 8.31. The molecule has 1 heterocycles. The Balaban J connectivity index is 1.91. The number of hydrogen-bond acceptors (Lipinski definition) is 2. The highest BCUT2D eigenvalue weighted by molar-refractivity contribution is 5.61. The molecule has 0 saturated heterocycles. The van der Waals surface area contributed by atoms with E-state index in [0.717, 1.165) is 12.6 Å². The second-order valence-corrected chi connectivity index (χ2v) is 5.62. The predicted octanol–water partition coefficient (Wildman–Crippen LogP) is 2.74. The molecule has 2 aliphatic rings. The molecular formula is C15H22N2. The zero-order valence-corrected chi connectivity index (χ0v) is 10.6. The summed E-state index contributed by atoms with van der Waals surface area (Å²) in [4.78, 5) is 2.63. The highest BCUT2D eigenvalue weighted by Crippen LogP contribution is 2.43. The molecule has 2 nitrogen and oxygen atoms in total. The van der Waals surface area contributed by atoms with Crippen LogP contribution in [-0.4, -0.2) is 19.1 Å². The summed E-state index contributed by atoms with van der Waals surface area (Å²) in [7, 11) is 0. The Labute approximate surface area is 104 Å². The van der Waals surface area contributed by atoms with E-state index in [1.165, 1.54) is 37.1 Å². The van der Waals surface area contributed by atoms with Crippen molar-refractivity contribution in [3.8, 4) is 0 Å². The fraction of sp³-hybridized carbons (Fsp3) is 0.600. The van der Waals surface area contributed by atoms with E-state index >= 15 is 0 Å². The molecule has 1 aliphatic heterocycles. The van der Waals surface area contributed by atoms with Crippen molar-refractivity contribution in [3.05, 3.63) is 29.8 Å². The number of para-hydroxylation sites is 1. The van der Waals surface area contributed by atoms with Crippen molar-refractivity contribution in [1.29, 1.82) is 0 Å². The van der Waals surface area contributed by atoms with E-state index in [9.17, 15) is 0 Å². The Hall–Kier alpha value is -1.02. The molecule has 1 saturated carbocycles. The van der Waals surface area contributed by atoms with Crippen LogP contribution in [0.4, 0.5) is 5.69 Å². The third kappa shape index (κ3) is 1.75. The number of rotatable bonds is 3. The predicted molar refractivity (Wildman–Crippen MR) is 72.4 cm³/mol. The largest absolute Gasteiger partial charge is 0.368 e. The van der Waals surface area contributed by atoms with Crippen molar-refractivity contribution in [2.45, 2.75) is 38.1 Å². The lowest BCUT2D eigenvalue weighted by atomic mass is 9.89. The summed E-state index contributed by atoms with van der Waals surface area (Å²) in [6, 6.07) is 9.72. The Morgan fingerprint density at radius 3 is 2.76 bits per heavy atom. The molecule has 0 aromatic heterocycles. The molecule has 1 aromatic rings. The molecule has 0 radical (unpaired) electrons. The lowest BCUT2D eigenvalue weighted by Crippen LogP contribution is -2.40. The van der Waals surface area contributed by atoms with Crippen molar-refractivity contribution in [1.82, 2.24) is 0 Å². The van der Waals surface area contributed by atoms with E-state index in [4.69, 9.17) is 5.73 Å². The first-order valence-corrected chi connectivity index (χ1v) is 6.87. The maximum absolute atomic E-state index is 5.86. The van der Waals surface area contributed by atoms with E-state index < -0.39 is 0 Å². The lowest BCUT2D eigenvalue weighted by Gasteiger charge is -2.37. The van der Waals surface area contributed by atoms with Crippen molar-refractivity contribution in [3.63, 3.8) is 0 Å². The Morgan fingerprint density at radius 2 is 2.12 bits per heavy atom. The van der Waals surface area contributed by atoms with Gasteiger partial charge in [-0.1, -0.05) is 25.1 Å². The van der Waals surface area contributed by atoms with Crippen LogP contribution in [-0.2, 0) is 0 Å². The number of benzene rings is 1. The zero-order valence-electron chi connectivity index (χ0n) is 10.6. The number of fused-ring (bicyclic) bond motifs is 1. The van der Waals surface area contributed by atoms with E-state index in [0.29, 0.717) is 11.8 Å². The van der Waals surface area contributed by atoms with Crippen LogP contribution in [0.15, 0.2) is 24.3 Å². The average molecular weight is 230 g/mol. The highest BCUT2D eigenvalue weighted by atomic mass is 15.2. The fourth-order valence-corrected chi connectivity index (χ4v) is 3.17. The number of anilines is 1. The van der Waals surface area contributed by atoms with Crippen LogP contribution in [0.1, 0.15) is 37.7 Å². The molecular weight excluding hydrogens is 208 g/mol. The minimum Gasteiger partial charge on any atom is -0.368 e. The van der Waals surface area contributed by atoms with Gasteiger partial charge in [0.05, 0.1) is 0 Å². The molecule has 3 rings (SSSR count). The van der Waals surface area contributed by atoms with Crippen LogP contribution in [0.3, 0.4) is 0 Å². The minimum atomic E-state index is 0.584. The Kier molecular flexibility index (Phi) is 2.83. The topological polar surface area (TPSA) is 29.3 Å². The van der Waals surface area contributed by atoms with Crippen LogP contribution in [0.2, 0.25) is 0 Å². The molecule has 2 heteroatoms. The second-order valence-electron chi connectivity index (χ2n) is 5.62. The van der Waals surface area contributed by atoms with Gasteiger partial charge in [0.1, 0.15) is 0 Å². The summed E-state index contributed by atoms with van der Waals surface area (Å²) in [6.45, 7) is 4.26. The molecule has 0 bridgehead atoms. The van der Waals surface area contributed by atoms with Crippen LogP contribution in [0.25, 0.3) is 0 Å². The van der Waals surface area contributed by atoms with Gasteiger partial charge in [-0.05, 0) is 43.4 Å². The van der Waals surface area contributed by atoms with E-state index in [1.807, 2.05) is 0 Å². The van der Waals surface area contributed by atoms with Gasteiger partial charge >= 0.3 is 0 Å². The van der Waals surface area contributed by atoms with Gasteiger partial charge in [0.2, 0.25) is 0 Å². The minimum absolute atomic E-state index is 0.584. The third-order valence-corrected chi connectivity index (χ3v) is 4.61. The van der Waals surface area contributed by atoms with Crippen LogP contribution >= 0.6 is 0 Å². The SMILES string of the molecule is CC(CN)C1CN(C2CCC2)c2ccccc21. The van der Waals surface area contributed by atoms with Gasteiger partial charge in [-0.2, -0.15) is 0 Å². The number of nitrogens with two attached hydrogens (primary N) is 1. The highest BCUT2D eigenvalue weighted by Gasteiger charge is 2.36. The standard InChI is InChI=1S/C15H22N2/c1-11(9-16)14-10-17(12-5-4-6-12)15-8-3-2-7-13(14)15/h2-3,7-8,11-12,14H,4-6,9-10,16H2,1H3. The molecule has 1 aliphatic carbocycles. The molecule has 0 amide bonds. The number of nitrogens with zero attached hydrogens (tertiary/aromatic N) is 1. The molecule has 92 valence electrons. The van der Waals surface area contributed by atoms with Gasteiger partial charge in [0.15, 0.2) is 0 Å². The summed E-state index contributed by atoms with van der Waals surface area (Å²) in [5.41, 5.74) is 8.86. The van der Waals surface area contributed by atoms with Crippen molar-refractivity contribution in [2.24, 2.45) is 11.7 Å². The Morgan fingerprint density at radius 1 is 1.35 bits per heavy atom. The normalized spacial score (nSPS) is 25.5. The summed E-state index contributed by atoms with van der Waals surface area (Å²) in [5.74, 6) is 1.22. The smallest absolute Gasteiger partial charge is 0.0405 e. The summed E-state index contributed by atoms with van der Waals surface area (Å²) in [6.07, 6.45) is 4.15. The Bertz CT molecular complexity index is 368. The first kappa shape index (κ1) is 11.1. The second kappa shape index (κ2) is 4.34. The van der Waals surface area contributed by atoms with E-state index in [-0.39, 0.29) is 0 Å². The van der Waals surface area contributed by atoms with Gasteiger partial charge in [0.25, 0.3) is 0 Å². The molecule has 17 heavy (non-hydrogen) atoms. The van der Waals surface area contributed by atoms with E-state index in [1.54, 1.807) is 0 Å². The maximum atomic E-state index is 5.86. The van der Waals surface area contributed by atoms with E-state index in [2.05, 4.69) is 36.1 Å². The van der Waals surface area contributed by atoms with Crippen molar-refractivity contribution in [2.75, 3.05) is 18.0 Å². The van der Waals surface area contributed by atoms with Crippen molar-refractivity contribution >= 4 is 5.69 Å². The summed E-state index contributed by atoms with van der Waals surface area (Å²) in [5, 5.41) is 0. The third-order valence-electron chi connectivity index (χ3n) is 4.61. The molecule has 0 spiro atoms. The molecule has 1 aromatic carbocycles. The molecule has 2 N–H and O–H groups in total. The van der Waals surface area contributed by atoms with Crippen molar-refractivity contribution < 1.29 is 0 Å². The first-order valence-electron chi connectivity index (χ1n) is 6.87. The molecule has 2 unspecified atom stereocenters. The molecule has 2 atom stereocenters. The summed E-state index contributed by atoms with van der Waals surface area (Å²) >= 11 is 0. The monoisotopic (exact) mass is 230 g/mol. The van der Waals surface area contributed by atoms with Gasteiger partial charge in [-0.3, -0.25) is 0 Å². The van der Waals surface area contributed by atoms with Gasteiger partial charge < -0.3 is 10.6 Å².